The van der Waals surface area contributed by atoms with Crippen LogP contribution in [0.1, 0.15) is 25.7 Å². The lowest BCUT2D eigenvalue weighted by molar-refractivity contribution is -0.121. The van der Waals surface area contributed by atoms with Gasteiger partial charge in [-0.3, -0.25) is 9.78 Å². The second-order valence-corrected chi connectivity index (χ2v) is 7.15. The molecule has 0 saturated heterocycles. The summed E-state index contributed by atoms with van der Waals surface area (Å²) in [5, 5.41) is 6.53. The first-order valence-electron chi connectivity index (χ1n) is 8.53. The summed E-state index contributed by atoms with van der Waals surface area (Å²) in [6.07, 6.45) is 10.8. The maximum absolute atomic E-state index is 11.8. The number of aromatic nitrogens is 3. The average Bonchev–Trinajstić information content (AvgIpc) is 3.07. The molecule has 0 radical (unpaired) electrons. The Morgan fingerprint density at radius 2 is 2.00 bits per heavy atom. The summed E-state index contributed by atoms with van der Waals surface area (Å²) in [5.41, 5.74) is 1.89. The molecule has 0 aromatic carbocycles. The standard InChI is InChI=1S/C18H23N5OS/c1-25-11-7-17(24)21-14-2-3-15(12-14)22-18-20-10-6-16(23-18)13-4-8-19-9-5-13/h4-6,8-10,14-15H,2-3,7,11-12H2,1H3,(H,21,24)(H,20,22,23). The van der Waals surface area contributed by atoms with E-state index in [1.54, 1.807) is 30.4 Å². The van der Waals surface area contributed by atoms with E-state index in [2.05, 4.69) is 25.6 Å². The summed E-state index contributed by atoms with van der Waals surface area (Å²) >= 11 is 1.70. The van der Waals surface area contributed by atoms with Crippen LogP contribution in [-0.4, -0.2) is 45.0 Å². The fourth-order valence-corrected chi connectivity index (χ4v) is 3.42. The summed E-state index contributed by atoms with van der Waals surface area (Å²) in [7, 11) is 0. The quantitative estimate of drug-likeness (QED) is 0.793. The Labute approximate surface area is 152 Å². The number of nitrogens with one attached hydrogen (secondary N) is 2. The van der Waals surface area contributed by atoms with Gasteiger partial charge in [0.15, 0.2) is 0 Å². The molecule has 2 aromatic rings. The predicted molar refractivity (Wildman–Crippen MR) is 101 cm³/mol. The minimum absolute atomic E-state index is 0.149. The zero-order chi connectivity index (χ0) is 17.5. The van der Waals surface area contributed by atoms with E-state index in [0.717, 1.165) is 36.3 Å². The molecule has 25 heavy (non-hydrogen) atoms. The highest BCUT2D eigenvalue weighted by Gasteiger charge is 2.26. The second-order valence-electron chi connectivity index (χ2n) is 6.16. The molecule has 2 heterocycles. The van der Waals surface area contributed by atoms with Gasteiger partial charge in [0.1, 0.15) is 0 Å². The van der Waals surface area contributed by atoms with E-state index in [1.165, 1.54) is 0 Å². The molecule has 0 spiro atoms. The van der Waals surface area contributed by atoms with Gasteiger partial charge in [-0.2, -0.15) is 11.8 Å². The van der Waals surface area contributed by atoms with Crippen molar-refractivity contribution in [1.82, 2.24) is 20.3 Å². The van der Waals surface area contributed by atoms with Crippen LogP contribution in [0.25, 0.3) is 11.3 Å². The Hall–Kier alpha value is -2.15. The Balaban J connectivity index is 1.54. The van der Waals surface area contributed by atoms with Gasteiger partial charge in [0.2, 0.25) is 11.9 Å². The Kier molecular flexibility index (Phi) is 6.22. The molecular formula is C18H23N5OS. The maximum atomic E-state index is 11.8. The van der Waals surface area contributed by atoms with Crippen LogP contribution in [0.15, 0.2) is 36.8 Å². The molecule has 1 aliphatic rings. The van der Waals surface area contributed by atoms with Gasteiger partial charge in [0.25, 0.3) is 0 Å². The molecule has 2 N–H and O–H groups in total. The number of amides is 1. The van der Waals surface area contributed by atoms with E-state index in [0.29, 0.717) is 18.4 Å². The molecule has 1 aliphatic carbocycles. The highest BCUT2D eigenvalue weighted by Crippen LogP contribution is 2.23. The number of rotatable bonds is 7. The number of hydrogen-bond donors (Lipinski definition) is 2. The number of anilines is 1. The van der Waals surface area contributed by atoms with E-state index in [1.807, 2.05) is 24.5 Å². The van der Waals surface area contributed by atoms with Gasteiger partial charge >= 0.3 is 0 Å². The van der Waals surface area contributed by atoms with Gasteiger partial charge in [0.05, 0.1) is 5.69 Å². The van der Waals surface area contributed by atoms with Gasteiger partial charge < -0.3 is 10.6 Å². The number of carbonyl (C=O) groups excluding carboxylic acids is 1. The molecule has 2 atom stereocenters. The van der Waals surface area contributed by atoms with Gasteiger partial charge in [-0.25, -0.2) is 9.97 Å². The molecule has 2 unspecified atom stereocenters. The maximum Gasteiger partial charge on any atom is 0.223 e. The zero-order valence-electron chi connectivity index (χ0n) is 14.3. The second kappa shape index (κ2) is 8.80. The lowest BCUT2D eigenvalue weighted by Crippen LogP contribution is -2.34. The van der Waals surface area contributed by atoms with Crippen LogP contribution >= 0.6 is 11.8 Å². The predicted octanol–water partition coefficient (Wildman–Crippen LogP) is 2.74. The summed E-state index contributed by atoms with van der Waals surface area (Å²) in [6, 6.07) is 6.29. The smallest absolute Gasteiger partial charge is 0.223 e. The number of nitrogens with zero attached hydrogens (tertiary/aromatic N) is 3. The SMILES string of the molecule is CSCCC(=O)NC1CCC(Nc2nccc(-c3ccncc3)n2)C1. The van der Waals surface area contributed by atoms with Crippen molar-refractivity contribution in [1.29, 1.82) is 0 Å². The minimum Gasteiger partial charge on any atom is -0.353 e. The topological polar surface area (TPSA) is 79.8 Å². The monoisotopic (exact) mass is 357 g/mol. The van der Waals surface area contributed by atoms with Crippen molar-refractivity contribution in [2.75, 3.05) is 17.3 Å². The van der Waals surface area contributed by atoms with E-state index < -0.39 is 0 Å². The summed E-state index contributed by atoms with van der Waals surface area (Å²) < 4.78 is 0. The van der Waals surface area contributed by atoms with Crippen LogP contribution in [-0.2, 0) is 4.79 Å². The molecule has 1 fully saturated rings. The van der Waals surface area contributed by atoms with E-state index in [4.69, 9.17) is 0 Å². The van der Waals surface area contributed by atoms with Crippen LogP contribution in [0.4, 0.5) is 5.95 Å². The molecule has 2 aromatic heterocycles. The van der Waals surface area contributed by atoms with E-state index in [9.17, 15) is 4.79 Å². The van der Waals surface area contributed by atoms with Gasteiger partial charge in [-0.1, -0.05) is 0 Å². The van der Waals surface area contributed by atoms with Crippen molar-refractivity contribution in [3.8, 4) is 11.3 Å². The molecule has 6 nitrogen and oxygen atoms in total. The minimum atomic E-state index is 0.149. The molecule has 132 valence electrons. The fraction of sp³-hybridized carbons (Fsp3) is 0.444. The highest BCUT2D eigenvalue weighted by atomic mass is 32.2. The Morgan fingerprint density at radius 1 is 1.20 bits per heavy atom. The first-order valence-corrected chi connectivity index (χ1v) is 9.92. The lowest BCUT2D eigenvalue weighted by atomic mass is 10.2. The van der Waals surface area contributed by atoms with E-state index >= 15 is 0 Å². The third-order valence-corrected chi connectivity index (χ3v) is 4.91. The average molecular weight is 357 g/mol. The van der Waals surface area contributed by atoms with Gasteiger partial charge in [0, 0.05) is 48.4 Å². The largest absolute Gasteiger partial charge is 0.353 e. The number of thioether (sulfide) groups is 1. The third-order valence-electron chi connectivity index (χ3n) is 4.30. The van der Waals surface area contributed by atoms with Crippen LogP contribution in [0.3, 0.4) is 0 Å². The first-order chi connectivity index (χ1) is 12.2. The number of carbonyl (C=O) groups is 1. The molecule has 1 amide bonds. The zero-order valence-corrected chi connectivity index (χ0v) is 15.1. The molecule has 7 heteroatoms. The lowest BCUT2D eigenvalue weighted by Gasteiger charge is -2.15. The van der Waals surface area contributed by atoms with Crippen LogP contribution in [0.2, 0.25) is 0 Å². The first kappa shape index (κ1) is 17.7. The van der Waals surface area contributed by atoms with E-state index in [-0.39, 0.29) is 11.9 Å². The normalized spacial score (nSPS) is 19.6. The van der Waals surface area contributed by atoms with Gasteiger partial charge in [-0.15, -0.1) is 0 Å². The van der Waals surface area contributed by atoms with Crippen molar-refractivity contribution in [2.24, 2.45) is 0 Å². The van der Waals surface area contributed by atoms with Crippen LogP contribution < -0.4 is 10.6 Å². The molecule has 0 aliphatic heterocycles. The van der Waals surface area contributed by atoms with Crippen LogP contribution in [0, 0.1) is 0 Å². The molecular weight excluding hydrogens is 334 g/mol. The van der Waals surface area contributed by atoms with Crippen molar-refractivity contribution in [3.05, 3.63) is 36.8 Å². The number of pyridine rings is 1. The Morgan fingerprint density at radius 3 is 2.80 bits per heavy atom. The summed E-state index contributed by atoms with van der Waals surface area (Å²) in [4.78, 5) is 24.8. The summed E-state index contributed by atoms with van der Waals surface area (Å²) in [5.74, 6) is 1.65. The number of hydrogen-bond acceptors (Lipinski definition) is 6. The van der Waals surface area contributed by atoms with Crippen molar-refractivity contribution in [3.63, 3.8) is 0 Å². The highest BCUT2D eigenvalue weighted by molar-refractivity contribution is 7.98. The van der Waals surface area contributed by atoms with Crippen molar-refractivity contribution in [2.45, 2.75) is 37.8 Å². The molecule has 0 bridgehead atoms. The molecule has 1 saturated carbocycles. The Bertz CT molecular complexity index is 697. The molecule has 3 rings (SSSR count). The third kappa shape index (κ3) is 5.16. The van der Waals surface area contributed by atoms with Crippen LogP contribution in [0.5, 0.6) is 0 Å². The van der Waals surface area contributed by atoms with Gasteiger partial charge in [-0.05, 0) is 43.7 Å². The fourth-order valence-electron chi connectivity index (χ4n) is 3.03. The van der Waals surface area contributed by atoms with Crippen molar-refractivity contribution >= 4 is 23.6 Å². The van der Waals surface area contributed by atoms with Crippen molar-refractivity contribution < 1.29 is 4.79 Å². The summed E-state index contributed by atoms with van der Waals surface area (Å²) in [6.45, 7) is 0.